The predicted molar refractivity (Wildman–Crippen MR) is 106 cm³/mol. The summed E-state index contributed by atoms with van der Waals surface area (Å²) in [5.74, 6) is 0.619. The number of fused-ring (bicyclic) bond motifs is 1. The first-order valence-electron chi connectivity index (χ1n) is 7.90. The van der Waals surface area contributed by atoms with E-state index >= 15 is 0 Å². The zero-order chi connectivity index (χ0) is 19.3. The van der Waals surface area contributed by atoms with Crippen molar-refractivity contribution < 1.29 is 9.77 Å². The maximum absolute atomic E-state index is 9.91. The maximum Gasteiger partial charge on any atom is 0.174 e. The van der Waals surface area contributed by atoms with Gasteiger partial charge in [0.25, 0.3) is 0 Å². The van der Waals surface area contributed by atoms with Gasteiger partial charge >= 0.3 is 0 Å². The summed E-state index contributed by atoms with van der Waals surface area (Å²) in [6.07, 6.45) is 5.15. The number of aromatic hydroxyl groups is 1. The summed E-state index contributed by atoms with van der Waals surface area (Å²) in [6, 6.07) is 22.3. The minimum atomic E-state index is 0.110. The highest BCUT2D eigenvalue weighted by molar-refractivity contribution is 6.04. The molecule has 2 N–H and O–H groups in total. The van der Waals surface area contributed by atoms with Crippen LogP contribution in [0.2, 0.25) is 0 Å². The van der Waals surface area contributed by atoms with Crippen molar-refractivity contribution in [3.05, 3.63) is 91.4 Å². The summed E-state index contributed by atoms with van der Waals surface area (Å²) in [7, 11) is 0. The lowest BCUT2D eigenvalue weighted by molar-refractivity contribution is 0.477. The first kappa shape index (κ1) is 20.0. The highest BCUT2D eigenvalue weighted by atomic mass is 35.5. The summed E-state index contributed by atoms with van der Waals surface area (Å²) < 4.78 is 6.47. The van der Waals surface area contributed by atoms with Crippen LogP contribution < -0.4 is 0 Å². The Hall–Kier alpha value is -3.35. The average Bonchev–Trinajstić information content (AvgIpc) is 2.77. The molecule has 0 saturated heterocycles. The minimum absolute atomic E-state index is 0.110. The Morgan fingerprint density at radius 2 is 1.41 bits per heavy atom. The van der Waals surface area contributed by atoms with Gasteiger partial charge in [-0.1, -0.05) is 42.5 Å². The van der Waals surface area contributed by atoms with Gasteiger partial charge in [0.05, 0.1) is 11.9 Å². The number of phenols is 1. The Morgan fingerprint density at radius 1 is 0.704 bits per heavy atom. The van der Waals surface area contributed by atoms with Crippen LogP contribution in [0.25, 0.3) is 10.8 Å². The summed E-state index contributed by atoms with van der Waals surface area (Å²) in [4.78, 5) is 7.85. The number of phenolic OH excluding ortho intramolecular Hbond substituents is 1. The molecule has 0 saturated carbocycles. The normalized spacial score (nSPS) is 9.85. The van der Waals surface area contributed by atoms with Crippen LogP contribution in [-0.4, -0.2) is 19.7 Å². The van der Waals surface area contributed by atoms with Gasteiger partial charge in [0.15, 0.2) is 5.82 Å². The molecule has 2 aromatic carbocycles. The van der Waals surface area contributed by atoms with E-state index < -0.39 is 0 Å². The topological polar surface area (TPSA) is 91.0 Å². The van der Waals surface area contributed by atoms with Crippen molar-refractivity contribution >= 4 is 34.1 Å². The molecule has 0 atom stereocenters. The standard InChI is InChI=1S/C15H11N3O.C5H5N.ClHO/c19-13-9-8-11-5-1-2-6-12(11)15(13)18-17-14-7-3-4-10-16-14;1-2-4-6-5-3-1;1-2/h1-10,19H;1-5H;2H. The molecule has 0 radical (unpaired) electrons. The molecule has 27 heavy (non-hydrogen) atoms. The van der Waals surface area contributed by atoms with E-state index in [1.807, 2.05) is 60.7 Å². The number of hydrogen-bond donors (Lipinski definition) is 2. The number of rotatable bonds is 2. The van der Waals surface area contributed by atoms with Gasteiger partial charge in [0.1, 0.15) is 11.4 Å². The van der Waals surface area contributed by atoms with Gasteiger partial charge < -0.3 is 5.11 Å². The molecule has 0 bridgehead atoms. The quantitative estimate of drug-likeness (QED) is 0.445. The molecule has 136 valence electrons. The van der Waals surface area contributed by atoms with Gasteiger partial charge in [-0.25, -0.2) is 4.98 Å². The van der Waals surface area contributed by atoms with Crippen molar-refractivity contribution in [3.63, 3.8) is 0 Å². The van der Waals surface area contributed by atoms with Crippen molar-refractivity contribution in [2.75, 3.05) is 0 Å². The number of aromatic nitrogens is 2. The van der Waals surface area contributed by atoms with Crippen molar-refractivity contribution in [2.45, 2.75) is 0 Å². The summed E-state index contributed by atoms with van der Waals surface area (Å²) in [5, 5.41) is 19.9. The summed E-state index contributed by atoms with van der Waals surface area (Å²) in [6.45, 7) is 0. The largest absolute Gasteiger partial charge is 0.506 e. The lowest BCUT2D eigenvalue weighted by Gasteiger charge is -2.03. The maximum atomic E-state index is 9.91. The van der Waals surface area contributed by atoms with Crippen molar-refractivity contribution in [1.29, 1.82) is 0 Å². The van der Waals surface area contributed by atoms with Crippen LogP contribution in [0.15, 0.2) is 102 Å². The third-order valence-electron chi connectivity index (χ3n) is 3.35. The molecule has 0 aliphatic heterocycles. The highest BCUT2D eigenvalue weighted by Crippen LogP contribution is 2.35. The lowest BCUT2D eigenvalue weighted by atomic mass is 10.1. The molecular weight excluding hydrogens is 364 g/mol. The van der Waals surface area contributed by atoms with Gasteiger partial charge in [-0.3, -0.25) is 9.64 Å². The van der Waals surface area contributed by atoms with E-state index in [2.05, 4.69) is 32.1 Å². The first-order chi connectivity index (χ1) is 13.3. The molecular formula is C20H17ClN4O2. The molecule has 2 aromatic heterocycles. The molecule has 0 spiro atoms. The third-order valence-corrected chi connectivity index (χ3v) is 3.35. The van der Waals surface area contributed by atoms with E-state index in [0.29, 0.717) is 11.5 Å². The van der Waals surface area contributed by atoms with E-state index in [-0.39, 0.29) is 5.75 Å². The van der Waals surface area contributed by atoms with Crippen molar-refractivity contribution in [2.24, 2.45) is 10.2 Å². The predicted octanol–water partition coefficient (Wildman–Crippen LogP) is 5.57. The second kappa shape index (κ2) is 11.3. The Kier molecular flexibility index (Phi) is 8.36. The van der Waals surface area contributed by atoms with Crippen LogP contribution in [0.3, 0.4) is 0 Å². The van der Waals surface area contributed by atoms with Gasteiger partial charge in [-0.15, -0.1) is 10.2 Å². The van der Waals surface area contributed by atoms with Crippen LogP contribution in [-0.2, 0) is 0 Å². The average molecular weight is 381 g/mol. The Balaban J connectivity index is 0.000000275. The number of azo groups is 1. The number of halogens is 1. The lowest BCUT2D eigenvalue weighted by Crippen LogP contribution is -1.75. The number of pyridine rings is 2. The highest BCUT2D eigenvalue weighted by Gasteiger charge is 2.05. The van der Waals surface area contributed by atoms with E-state index in [4.69, 9.17) is 4.66 Å². The van der Waals surface area contributed by atoms with E-state index in [1.54, 1.807) is 30.7 Å². The molecule has 2 heterocycles. The molecule has 6 nitrogen and oxygen atoms in total. The van der Waals surface area contributed by atoms with Gasteiger partial charge in [0, 0.05) is 24.0 Å². The molecule has 0 fully saturated rings. The van der Waals surface area contributed by atoms with Crippen LogP contribution >= 0.6 is 11.9 Å². The molecule has 0 aliphatic carbocycles. The number of benzene rings is 2. The summed E-state index contributed by atoms with van der Waals surface area (Å²) in [5.41, 5.74) is 0.462. The minimum Gasteiger partial charge on any atom is -0.506 e. The molecule has 4 rings (SSSR count). The number of hydrogen-bond acceptors (Lipinski definition) is 6. The Morgan fingerprint density at radius 3 is 2.04 bits per heavy atom. The monoisotopic (exact) mass is 380 g/mol. The van der Waals surface area contributed by atoms with E-state index in [9.17, 15) is 5.11 Å². The van der Waals surface area contributed by atoms with Crippen LogP contribution in [0.5, 0.6) is 5.75 Å². The summed E-state index contributed by atoms with van der Waals surface area (Å²) >= 11 is 3.64. The molecule has 0 amide bonds. The van der Waals surface area contributed by atoms with Gasteiger partial charge in [0.2, 0.25) is 0 Å². The fourth-order valence-corrected chi connectivity index (χ4v) is 2.18. The molecule has 4 aromatic rings. The second-order valence-corrected chi connectivity index (χ2v) is 5.07. The zero-order valence-electron chi connectivity index (χ0n) is 14.2. The fourth-order valence-electron chi connectivity index (χ4n) is 2.18. The van der Waals surface area contributed by atoms with Crippen LogP contribution in [0, 0.1) is 0 Å². The Labute approximate surface area is 161 Å². The van der Waals surface area contributed by atoms with Gasteiger partial charge in [-0.05, 0) is 35.7 Å². The number of nitrogens with zero attached hydrogens (tertiary/aromatic N) is 4. The first-order valence-corrected chi connectivity index (χ1v) is 8.24. The zero-order valence-corrected chi connectivity index (χ0v) is 15.0. The second-order valence-electron chi connectivity index (χ2n) is 5.07. The van der Waals surface area contributed by atoms with Crippen molar-refractivity contribution in [3.8, 4) is 5.75 Å². The van der Waals surface area contributed by atoms with E-state index in [0.717, 1.165) is 10.8 Å². The fraction of sp³-hybridized carbons (Fsp3) is 0. The third kappa shape index (κ3) is 6.14. The molecule has 0 aliphatic rings. The van der Waals surface area contributed by atoms with Gasteiger partial charge in [-0.2, -0.15) is 0 Å². The molecule has 0 unspecified atom stereocenters. The van der Waals surface area contributed by atoms with Crippen LogP contribution in [0.4, 0.5) is 11.5 Å². The van der Waals surface area contributed by atoms with Crippen LogP contribution in [0.1, 0.15) is 0 Å². The smallest absolute Gasteiger partial charge is 0.174 e. The Bertz CT molecular complexity index is 940. The van der Waals surface area contributed by atoms with Crippen molar-refractivity contribution in [1.82, 2.24) is 9.97 Å². The van der Waals surface area contributed by atoms with E-state index in [1.165, 1.54) is 0 Å². The molecule has 7 heteroatoms. The SMILES string of the molecule is OCl.Oc1ccc2ccccc2c1N=Nc1ccccn1.c1ccncc1.